The smallest absolute Gasteiger partial charge is 0.293 e. The maximum Gasteiger partial charge on any atom is 0.293 e. The number of nitrogens with zero attached hydrogens (tertiary/aromatic N) is 1. The molecule has 0 atom stereocenters. The first kappa shape index (κ1) is 22.3. The topological polar surface area (TPSA) is 65.1 Å². The van der Waals surface area contributed by atoms with Crippen molar-refractivity contribution in [3.8, 4) is 17.2 Å². The molecule has 2 aliphatic heterocycles. The maximum atomic E-state index is 14.1. The van der Waals surface area contributed by atoms with E-state index in [1.165, 1.54) is 18.2 Å². The van der Waals surface area contributed by atoms with Crippen molar-refractivity contribution in [1.82, 2.24) is 4.90 Å². The first-order valence-corrected chi connectivity index (χ1v) is 11.5. The molecule has 3 aromatic rings. The summed E-state index contributed by atoms with van der Waals surface area (Å²) >= 11 is 6.85. The van der Waals surface area contributed by atoms with Gasteiger partial charge in [-0.2, -0.15) is 0 Å². The van der Waals surface area contributed by atoms with E-state index in [1.54, 1.807) is 30.3 Å². The molecule has 0 radical (unpaired) electrons. The number of imide groups is 1. The van der Waals surface area contributed by atoms with Crippen LogP contribution in [0.4, 0.5) is 9.18 Å². The Labute approximate surface area is 203 Å². The number of thioether (sulfide) groups is 1. The molecule has 2 aliphatic rings. The molecule has 0 saturated carbocycles. The first-order valence-electron chi connectivity index (χ1n) is 10.3. The molecule has 5 rings (SSSR count). The number of hydrogen-bond donors (Lipinski definition) is 0. The number of amides is 2. The van der Waals surface area contributed by atoms with E-state index < -0.39 is 17.0 Å². The second-order valence-corrected chi connectivity index (χ2v) is 8.91. The molecule has 0 aromatic heterocycles. The maximum absolute atomic E-state index is 14.1. The molecule has 0 N–H and O–H groups in total. The minimum absolute atomic E-state index is 0.108. The van der Waals surface area contributed by atoms with Crippen LogP contribution in [0.3, 0.4) is 0 Å². The fraction of sp³-hybridized carbons (Fsp3) is 0.120. The zero-order valence-corrected chi connectivity index (χ0v) is 19.2. The van der Waals surface area contributed by atoms with Gasteiger partial charge in [0.1, 0.15) is 18.2 Å². The first-order chi connectivity index (χ1) is 16.5. The van der Waals surface area contributed by atoms with Crippen LogP contribution in [-0.4, -0.2) is 22.8 Å². The van der Waals surface area contributed by atoms with Crippen molar-refractivity contribution in [1.29, 1.82) is 0 Å². The monoisotopic (exact) mass is 497 g/mol. The van der Waals surface area contributed by atoms with Gasteiger partial charge in [-0.15, -0.1) is 0 Å². The van der Waals surface area contributed by atoms with Crippen LogP contribution >= 0.6 is 23.4 Å². The predicted octanol–water partition coefficient (Wildman–Crippen LogP) is 6.02. The van der Waals surface area contributed by atoms with Gasteiger partial charge in [-0.05, 0) is 65.4 Å². The van der Waals surface area contributed by atoms with Gasteiger partial charge in [-0.25, -0.2) is 4.39 Å². The molecule has 2 amide bonds. The summed E-state index contributed by atoms with van der Waals surface area (Å²) in [5.74, 6) is 1.01. The standard InChI is InChI=1S/C25H17ClFNO5S/c26-19-2-1-3-20(27)18(19)12-28-24(29)23(34-25(28)30)11-15-4-7-17(8-5-15)31-13-16-6-9-21-22(10-16)33-14-32-21/h1-11H,12-14H2/b23-11-. The number of fused-ring (bicyclic) bond motifs is 1. The van der Waals surface area contributed by atoms with Crippen molar-refractivity contribution < 1.29 is 28.2 Å². The van der Waals surface area contributed by atoms with E-state index in [-0.39, 0.29) is 28.8 Å². The van der Waals surface area contributed by atoms with Gasteiger partial charge in [0.2, 0.25) is 6.79 Å². The summed E-state index contributed by atoms with van der Waals surface area (Å²) < 4.78 is 30.6. The van der Waals surface area contributed by atoms with Crippen LogP contribution in [0, 0.1) is 5.82 Å². The molecule has 0 unspecified atom stereocenters. The molecule has 0 bridgehead atoms. The van der Waals surface area contributed by atoms with E-state index in [0.717, 1.165) is 33.5 Å². The normalized spacial score (nSPS) is 15.9. The van der Waals surface area contributed by atoms with Crippen molar-refractivity contribution in [3.05, 3.63) is 93.1 Å². The average molecular weight is 498 g/mol. The number of ether oxygens (including phenoxy) is 3. The van der Waals surface area contributed by atoms with Crippen LogP contribution in [0.2, 0.25) is 5.02 Å². The third-order valence-electron chi connectivity index (χ3n) is 5.27. The van der Waals surface area contributed by atoms with Gasteiger partial charge in [-0.3, -0.25) is 14.5 Å². The Bertz CT molecular complexity index is 1290. The van der Waals surface area contributed by atoms with Crippen LogP contribution < -0.4 is 14.2 Å². The van der Waals surface area contributed by atoms with E-state index in [9.17, 15) is 14.0 Å². The Morgan fingerprint density at radius 1 is 1.06 bits per heavy atom. The van der Waals surface area contributed by atoms with Crippen LogP contribution in [-0.2, 0) is 17.9 Å². The highest BCUT2D eigenvalue weighted by molar-refractivity contribution is 8.18. The molecular formula is C25H17ClFNO5S. The van der Waals surface area contributed by atoms with E-state index >= 15 is 0 Å². The van der Waals surface area contributed by atoms with Crippen molar-refractivity contribution in [2.75, 3.05) is 6.79 Å². The van der Waals surface area contributed by atoms with Crippen molar-refractivity contribution >= 4 is 40.6 Å². The van der Waals surface area contributed by atoms with E-state index in [2.05, 4.69) is 0 Å². The van der Waals surface area contributed by atoms with Gasteiger partial charge in [0.25, 0.3) is 11.1 Å². The molecule has 9 heteroatoms. The van der Waals surface area contributed by atoms with Crippen LogP contribution in [0.25, 0.3) is 6.08 Å². The third-order valence-corrected chi connectivity index (χ3v) is 6.53. The lowest BCUT2D eigenvalue weighted by Gasteiger charge is -2.14. The molecule has 3 aromatic carbocycles. The molecule has 172 valence electrons. The van der Waals surface area contributed by atoms with Gasteiger partial charge in [0.15, 0.2) is 11.5 Å². The molecule has 6 nitrogen and oxygen atoms in total. The second kappa shape index (κ2) is 9.40. The molecule has 1 saturated heterocycles. The summed E-state index contributed by atoms with van der Waals surface area (Å²) in [4.78, 5) is 26.4. The summed E-state index contributed by atoms with van der Waals surface area (Å²) in [5.41, 5.74) is 1.78. The van der Waals surface area contributed by atoms with Crippen molar-refractivity contribution in [3.63, 3.8) is 0 Å². The summed E-state index contributed by atoms with van der Waals surface area (Å²) in [7, 11) is 0. The highest BCUT2D eigenvalue weighted by atomic mass is 35.5. The Balaban J connectivity index is 1.24. The number of halogens is 2. The van der Waals surface area contributed by atoms with Crippen molar-refractivity contribution in [2.24, 2.45) is 0 Å². The molecule has 0 spiro atoms. The Morgan fingerprint density at radius 3 is 2.65 bits per heavy atom. The number of hydrogen-bond acceptors (Lipinski definition) is 6. The lowest BCUT2D eigenvalue weighted by molar-refractivity contribution is -0.123. The minimum atomic E-state index is -0.563. The molecule has 1 fully saturated rings. The van der Waals surface area contributed by atoms with Crippen LogP contribution in [0.15, 0.2) is 65.6 Å². The van der Waals surface area contributed by atoms with Crippen molar-refractivity contribution in [2.45, 2.75) is 13.2 Å². The summed E-state index contributed by atoms with van der Waals surface area (Å²) in [6.07, 6.45) is 1.62. The fourth-order valence-electron chi connectivity index (χ4n) is 3.49. The Morgan fingerprint density at radius 2 is 1.85 bits per heavy atom. The second-order valence-electron chi connectivity index (χ2n) is 7.51. The van der Waals surface area contributed by atoms with Gasteiger partial charge >= 0.3 is 0 Å². The van der Waals surface area contributed by atoms with Gasteiger partial charge in [0, 0.05) is 10.6 Å². The SMILES string of the molecule is O=C1S/C(=C\c2ccc(OCc3ccc4c(c3)OCO4)cc2)C(=O)N1Cc1c(F)cccc1Cl. The lowest BCUT2D eigenvalue weighted by atomic mass is 10.2. The van der Waals surface area contributed by atoms with Gasteiger partial charge < -0.3 is 14.2 Å². The summed E-state index contributed by atoms with van der Waals surface area (Å²) in [6, 6.07) is 17.0. The number of carbonyl (C=O) groups is 2. The molecule has 34 heavy (non-hydrogen) atoms. The Kier molecular flexibility index (Phi) is 6.17. The van der Waals surface area contributed by atoms with Gasteiger partial charge in [-0.1, -0.05) is 35.9 Å². The van der Waals surface area contributed by atoms with E-state index in [0.29, 0.717) is 18.1 Å². The molecule has 2 heterocycles. The van der Waals surface area contributed by atoms with Gasteiger partial charge in [0.05, 0.1) is 11.4 Å². The lowest BCUT2D eigenvalue weighted by Crippen LogP contribution is -2.28. The quantitative estimate of drug-likeness (QED) is 0.388. The largest absolute Gasteiger partial charge is 0.489 e. The third kappa shape index (κ3) is 4.60. The minimum Gasteiger partial charge on any atom is -0.489 e. The fourth-order valence-corrected chi connectivity index (χ4v) is 4.55. The molecular weight excluding hydrogens is 481 g/mol. The van der Waals surface area contributed by atoms with Crippen LogP contribution in [0.5, 0.6) is 17.2 Å². The zero-order chi connectivity index (χ0) is 23.7. The van der Waals surface area contributed by atoms with Crippen LogP contribution in [0.1, 0.15) is 16.7 Å². The molecule has 0 aliphatic carbocycles. The highest BCUT2D eigenvalue weighted by Crippen LogP contribution is 2.35. The summed E-state index contributed by atoms with van der Waals surface area (Å²) in [6.45, 7) is 0.352. The zero-order valence-electron chi connectivity index (χ0n) is 17.6. The predicted molar refractivity (Wildman–Crippen MR) is 126 cm³/mol. The number of carbonyl (C=O) groups excluding carboxylic acids is 2. The van der Waals surface area contributed by atoms with E-state index in [1.807, 2.05) is 18.2 Å². The summed E-state index contributed by atoms with van der Waals surface area (Å²) in [5, 5.41) is -0.307. The van der Waals surface area contributed by atoms with E-state index in [4.69, 9.17) is 25.8 Å². The average Bonchev–Trinajstić information content (AvgIpc) is 3.40. The number of benzene rings is 3. The highest BCUT2D eigenvalue weighted by Gasteiger charge is 2.35. The Hall–Kier alpha value is -3.49. The number of rotatable bonds is 6.